The minimum Gasteiger partial charge on any atom is -0.348 e. The van der Waals surface area contributed by atoms with Crippen LogP contribution in [-0.2, 0) is 0 Å². The Bertz CT molecular complexity index is 489. The highest BCUT2D eigenvalue weighted by atomic mass is 35.5. The standard InChI is InChI=1S/C11H11ClN2O3S/c12-10-5-8(14(16)17)1-2-9(10)11(15)13-7-3-4-18-6-7/h1-2,5,7H,3-4,6H2,(H,13,15). The molecule has 5 nitrogen and oxygen atoms in total. The number of halogens is 1. The zero-order valence-electron chi connectivity index (χ0n) is 9.39. The van der Waals surface area contributed by atoms with Gasteiger partial charge in [0.25, 0.3) is 11.6 Å². The normalized spacial score (nSPS) is 18.6. The molecule has 0 aromatic heterocycles. The van der Waals surface area contributed by atoms with E-state index < -0.39 is 4.92 Å². The lowest BCUT2D eigenvalue weighted by Crippen LogP contribution is -2.34. The molecule has 1 amide bonds. The smallest absolute Gasteiger partial charge is 0.270 e. The van der Waals surface area contributed by atoms with Crippen LogP contribution in [0.5, 0.6) is 0 Å². The zero-order chi connectivity index (χ0) is 13.1. The van der Waals surface area contributed by atoms with Gasteiger partial charge in [-0.15, -0.1) is 0 Å². The van der Waals surface area contributed by atoms with E-state index >= 15 is 0 Å². The van der Waals surface area contributed by atoms with Crippen LogP contribution >= 0.6 is 23.4 Å². The first kappa shape index (κ1) is 13.2. The number of hydrogen-bond donors (Lipinski definition) is 1. The molecular formula is C11H11ClN2O3S. The van der Waals surface area contributed by atoms with Gasteiger partial charge in [-0.05, 0) is 18.2 Å². The molecular weight excluding hydrogens is 276 g/mol. The van der Waals surface area contributed by atoms with E-state index in [-0.39, 0.29) is 28.2 Å². The number of nitrogens with one attached hydrogen (secondary N) is 1. The number of non-ortho nitro benzene ring substituents is 1. The van der Waals surface area contributed by atoms with Gasteiger partial charge in [0.15, 0.2) is 0 Å². The van der Waals surface area contributed by atoms with Crippen molar-refractivity contribution in [3.8, 4) is 0 Å². The fourth-order valence-electron chi connectivity index (χ4n) is 1.71. The first-order valence-corrected chi connectivity index (χ1v) is 6.94. The number of thioether (sulfide) groups is 1. The van der Waals surface area contributed by atoms with Gasteiger partial charge in [0.1, 0.15) is 0 Å². The van der Waals surface area contributed by atoms with Crippen molar-refractivity contribution in [2.75, 3.05) is 11.5 Å². The first-order valence-electron chi connectivity index (χ1n) is 5.40. The summed E-state index contributed by atoms with van der Waals surface area (Å²) < 4.78 is 0. The molecule has 0 spiro atoms. The minimum atomic E-state index is -0.541. The molecule has 0 bridgehead atoms. The Hall–Kier alpha value is -1.27. The maximum absolute atomic E-state index is 11.9. The molecule has 18 heavy (non-hydrogen) atoms. The molecule has 1 saturated heterocycles. The molecule has 1 aromatic rings. The van der Waals surface area contributed by atoms with Gasteiger partial charge < -0.3 is 5.32 Å². The van der Waals surface area contributed by atoms with Crippen LogP contribution in [-0.4, -0.2) is 28.4 Å². The number of carbonyl (C=O) groups is 1. The number of nitro groups is 1. The van der Waals surface area contributed by atoms with E-state index in [4.69, 9.17) is 11.6 Å². The molecule has 1 unspecified atom stereocenters. The fourth-order valence-corrected chi connectivity index (χ4v) is 3.13. The number of amides is 1. The summed E-state index contributed by atoms with van der Waals surface area (Å²) in [6.07, 6.45) is 0.945. The van der Waals surface area contributed by atoms with E-state index in [1.807, 2.05) is 0 Å². The lowest BCUT2D eigenvalue weighted by molar-refractivity contribution is -0.384. The molecule has 0 aliphatic carbocycles. The Morgan fingerprint density at radius 1 is 1.56 bits per heavy atom. The molecule has 1 aliphatic heterocycles. The van der Waals surface area contributed by atoms with Gasteiger partial charge in [0.05, 0.1) is 15.5 Å². The van der Waals surface area contributed by atoms with Gasteiger partial charge >= 0.3 is 0 Å². The molecule has 96 valence electrons. The summed E-state index contributed by atoms with van der Waals surface area (Å²) in [5.74, 6) is 1.66. The number of carbonyl (C=O) groups excluding carboxylic acids is 1. The van der Waals surface area contributed by atoms with Crippen molar-refractivity contribution in [1.82, 2.24) is 5.32 Å². The van der Waals surface area contributed by atoms with E-state index in [1.165, 1.54) is 18.2 Å². The third kappa shape index (κ3) is 2.94. The van der Waals surface area contributed by atoms with Crippen LogP contribution in [0, 0.1) is 10.1 Å². The van der Waals surface area contributed by atoms with Gasteiger partial charge in [-0.3, -0.25) is 14.9 Å². The second-order valence-electron chi connectivity index (χ2n) is 3.96. The third-order valence-corrected chi connectivity index (χ3v) is 4.15. The largest absolute Gasteiger partial charge is 0.348 e. The van der Waals surface area contributed by atoms with Crippen molar-refractivity contribution in [3.05, 3.63) is 38.9 Å². The Kier molecular flexibility index (Phi) is 4.08. The van der Waals surface area contributed by atoms with Crippen LogP contribution in [0.15, 0.2) is 18.2 Å². The second kappa shape index (κ2) is 5.58. The van der Waals surface area contributed by atoms with Crippen molar-refractivity contribution in [3.63, 3.8) is 0 Å². The molecule has 7 heteroatoms. The zero-order valence-corrected chi connectivity index (χ0v) is 11.0. The van der Waals surface area contributed by atoms with Crippen LogP contribution < -0.4 is 5.32 Å². The molecule has 2 rings (SSSR count). The Morgan fingerprint density at radius 2 is 2.33 bits per heavy atom. The highest BCUT2D eigenvalue weighted by Crippen LogP contribution is 2.23. The van der Waals surface area contributed by atoms with Crippen LogP contribution in [0.4, 0.5) is 5.69 Å². The van der Waals surface area contributed by atoms with Gasteiger partial charge in [0, 0.05) is 23.9 Å². The summed E-state index contributed by atoms with van der Waals surface area (Å²) in [5, 5.41) is 13.5. The minimum absolute atomic E-state index is 0.104. The van der Waals surface area contributed by atoms with Crippen LogP contribution in [0.25, 0.3) is 0 Å². The van der Waals surface area contributed by atoms with Crippen molar-refractivity contribution < 1.29 is 9.72 Å². The Labute approximate surface area is 113 Å². The first-order chi connectivity index (χ1) is 8.58. The van der Waals surface area contributed by atoms with Crippen LogP contribution in [0.3, 0.4) is 0 Å². The highest BCUT2D eigenvalue weighted by Gasteiger charge is 2.20. The number of rotatable bonds is 3. The molecule has 1 atom stereocenters. The van der Waals surface area contributed by atoms with Crippen molar-refractivity contribution in [1.29, 1.82) is 0 Å². The topological polar surface area (TPSA) is 72.2 Å². The average molecular weight is 287 g/mol. The van der Waals surface area contributed by atoms with Crippen molar-refractivity contribution >= 4 is 35.0 Å². The average Bonchev–Trinajstić information content (AvgIpc) is 2.81. The predicted molar refractivity (Wildman–Crippen MR) is 71.3 cm³/mol. The van der Waals surface area contributed by atoms with E-state index in [9.17, 15) is 14.9 Å². The number of benzene rings is 1. The van der Waals surface area contributed by atoms with Gasteiger partial charge in [-0.25, -0.2) is 0 Å². The van der Waals surface area contributed by atoms with E-state index in [0.29, 0.717) is 0 Å². The van der Waals surface area contributed by atoms with Crippen LogP contribution in [0.2, 0.25) is 5.02 Å². The summed E-state index contributed by atoms with van der Waals surface area (Å²) in [6.45, 7) is 0. The van der Waals surface area contributed by atoms with Crippen molar-refractivity contribution in [2.45, 2.75) is 12.5 Å². The maximum Gasteiger partial charge on any atom is 0.270 e. The van der Waals surface area contributed by atoms with Gasteiger partial charge in [0.2, 0.25) is 0 Å². The Balaban J connectivity index is 2.12. The van der Waals surface area contributed by atoms with Crippen molar-refractivity contribution in [2.24, 2.45) is 0 Å². The number of nitro benzene ring substituents is 1. The summed E-state index contributed by atoms with van der Waals surface area (Å²) in [4.78, 5) is 21.9. The SMILES string of the molecule is O=C(NC1CCSC1)c1ccc([N+](=O)[O-])cc1Cl. The fraction of sp³-hybridized carbons (Fsp3) is 0.364. The maximum atomic E-state index is 11.9. The summed E-state index contributed by atoms with van der Waals surface area (Å²) in [6, 6.07) is 4.02. The molecule has 1 heterocycles. The van der Waals surface area contributed by atoms with Gasteiger partial charge in [-0.2, -0.15) is 11.8 Å². The molecule has 1 fully saturated rings. The molecule has 0 radical (unpaired) electrons. The molecule has 1 aliphatic rings. The quantitative estimate of drug-likeness (QED) is 0.684. The third-order valence-electron chi connectivity index (χ3n) is 2.67. The summed E-state index contributed by atoms with van der Waals surface area (Å²) >= 11 is 7.68. The lowest BCUT2D eigenvalue weighted by atomic mass is 10.1. The highest BCUT2D eigenvalue weighted by molar-refractivity contribution is 7.99. The summed E-state index contributed by atoms with van der Waals surface area (Å²) in [7, 11) is 0. The molecule has 0 saturated carbocycles. The number of hydrogen-bond acceptors (Lipinski definition) is 4. The number of nitrogens with zero attached hydrogens (tertiary/aromatic N) is 1. The Morgan fingerprint density at radius 3 is 2.89 bits per heavy atom. The lowest BCUT2D eigenvalue weighted by Gasteiger charge is -2.11. The van der Waals surface area contributed by atoms with Gasteiger partial charge in [-0.1, -0.05) is 11.6 Å². The molecule has 1 N–H and O–H groups in total. The van der Waals surface area contributed by atoms with E-state index in [0.717, 1.165) is 17.9 Å². The van der Waals surface area contributed by atoms with Crippen LogP contribution in [0.1, 0.15) is 16.8 Å². The monoisotopic (exact) mass is 286 g/mol. The predicted octanol–water partition coefficient (Wildman–Crippen LogP) is 2.48. The van der Waals surface area contributed by atoms with E-state index in [1.54, 1.807) is 11.8 Å². The molecule has 1 aromatic carbocycles. The van der Waals surface area contributed by atoms with E-state index in [2.05, 4.69) is 5.32 Å². The summed E-state index contributed by atoms with van der Waals surface area (Å²) in [5.41, 5.74) is 0.159. The second-order valence-corrected chi connectivity index (χ2v) is 5.51.